The standard InChI is InChI=1S/C26H37N3O5S/c1-8-23(26(31)27-18(2)3)28(16-21-12-14-22(34-6)15-13-21)25(30)17-29(35(7,32)33)24-11-9-10-19(4)20(24)5/h9-15,18,23H,8,16-17H2,1-7H3,(H,27,31). The van der Waals surface area contributed by atoms with Crippen LogP contribution in [0.3, 0.4) is 0 Å². The van der Waals surface area contributed by atoms with Crippen LogP contribution in [-0.2, 0) is 26.2 Å². The highest BCUT2D eigenvalue weighted by molar-refractivity contribution is 7.92. The Hall–Kier alpha value is -3.07. The molecule has 0 aromatic heterocycles. The smallest absolute Gasteiger partial charge is 0.244 e. The summed E-state index contributed by atoms with van der Waals surface area (Å²) in [5.74, 6) is -0.0608. The third kappa shape index (κ3) is 7.45. The molecule has 2 aromatic carbocycles. The maximum atomic E-state index is 13.7. The zero-order valence-electron chi connectivity index (χ0n) is 21.7. The fourth-order valence-corrected chi connectivity index (χ4v) is 4.73. The second kappa shape index (κ2) is 12.1. The molecule has 0 fully saturated rings. The van der Waals surface area contributed by atoms with E-state index >= 15 is 0 Å². The number of carbonyl (C=O) groups is 2. The van der Waals surface area contributed by atoms with Crippen molar-refractivity contribution in [1.82, 2.24) is 10.2 Å². The Morgan fingerprint density at radius 2 is 1.69 bits per heavy atom. The van der Waals surface area contributed by atoms with E-state index < -0.39 is 28.5 Å². The number of hydrogen-bond donors (Lipinski definition) is 1. The van der Waals surface area contributed by atoms with Crippen LogP contribution in [0.1, 0.15) is 43.9 Å². The second-order valence-electron chi connectivity index (χ2n) is 8.95. The first-order valence-electron chi connectivity index (χ1n) is 11.7. The number of nitrogens with zero attached hydrogens (tertiary/aromatic N) is 2. The average molecular weight is 504 g/mol. The molecule has 0 aliphatic carbocycles. The first-order valence-corrected chi connectivity index (χ1v) is 13.5. The molecular formula is C26H37N3O5S. The van der Waals surface area contributed by atoms with Crippen LogP contribution < -0.4 is 14.4 Å². The highest BCUT2D eigenvalue weighted by atomic mass is 32.2. The molecular weight excluding hydrogens is 466 g/mol. The van der Waals surface area contributed by atoms with Gasteiger partial charge in [0.15, 0.2) is 0 Å². The highest BCUT2D eigenvalue weighted by Crippen LogP contribution is 2.26. The van der Waals surface area contributed by atoms with Crippen molar-refractivity contribution in [2.24, 2.45) is 0 Å². The lowest BCUT2D eigenvalue weighted by Crippen LogP contribution is -2.53. The van der Waals surface area contributed by atoms with Crippen molar-refractivity contribution in [2.75, 3.05) is 24.2 Å². The zero-order chi connectivity index (χ0) is 26.3. The summed E-state index contributed by atoms with van der Waals surface area (Å²) in [5, 5.41) is 2.88. The van der Waals surface area contributed by atoms with Gasteiger partial charge in [-0.25, -0.2) is 8.42 Å². The van der Waals surface area contributed by atoms with E-state index in [-0.39, 0.29) is 18.5 Å². The number of amides is 2. The molecule has 1 N–H and O–H groups in total. The summed E-state index contributed by atoms with van der Waals surface area (Å²) in [7, 11) is -2.20. The van der Waals surface area contributed by atoms with Crippen molar-refractivity contribution in [3.63, 3.8) is 0 Å². The molecule has 0 saturated heterocycles. The monoisotopic (exact) mass is 503 g/mol. The summed E-state index contributed by atoms with van der Waals surface area (Å²) in [6.45, 7) is 8.99. The molecule has 1 atom stereocenters. The summed E-state index contributed by atoms with van der Waals surface area (Å²) in [6, 6.07) is 11.7. The van der Waals surface area contributed by atoms with Crippen LogP contribution in [0.5, 0.6) is 5.75 Å². The molecule has 1 unspecified atom stereocenters. The van der Waals surface area contributed by atoms with E-state index in [9.17, 15) is 18.0 Å². The Kier molecular flexibility index (Phi) is 9.71. The maximum Gasteiger partial charge on any atom is 0.244 e. The molecule has 2 amide bonds. The lowest BCUT2D eigenvalue weighted by atomic mass is 10.1. The minimum Gasteiger partial charge on any atom is -0.497 e. The summed E-state index contributed by atoms with van der Waals surface area (Å²) >= 11 is 0. The number of nitrogens with one attached hydrogen (secondary N) is 1. The Balaban J connectivity index is 2.48. The van der Waals surface area contributed by atoms with Gasteiger partial charge in [-0.05, 0) is 69.0 Å². The average Bonchev–Trinajstić information content (AvgIpc) is 2.78. The fraction of sp³-hybridized carbons (Fsp3) is 0.462. The molecule has 0 spiro atoms. The molecule has 9 heteroatoms. The maximum absolute atomic E-state index is 13.7. The van der Waals surface area contributed by atoms with Crippen LogP contribution in [-0.4, -0.2) is 57.1 Å². The first-order chi connectivity index (χ1) is 16.4. The van der Waals surface area contributed by atoms with Crippen LogP contribution in [0, 0.1) is 13.8 Å². The molecule has 0 aliphatic heterocycles. The van der Waals surface area contributed by atoms with Gasteiger partial charge in [-0.2, -0.15) is 0 Å². The van der Waals surface area contributed by atoms with Gasteiger partial charge in [0.05, 0.1) is 19.1 Å². The first kappa shape index (κ1) is 28.2. The predicted molar refractivity (Wildman–Crippen MR) is 139 cm³/mol. The van der Waals surface area contributed by atoms with E-state index in [1.165, 1.54) is 4.90 Å². The van der Waals surface area contributed by atoms with E-state index in [2.05, 4.69) is 5.32 Å². The number of benzene rings is 2. The van der Waals surface area contributed by atoms with Gasteiger partial charge in [-0.1, -0.05) is 31.2 Å². The topological polar surface area (TPSA) is 96.0 Å². The normalized spacial score (nSPS) is 12.2. The van der Waals surface area contributed by atoms with Crippen molar-refractivity contribution in [3.05, 3.63) is 59.2 Å². The zero-order valence-corrected chi connectivity index (χ0v) is 22.5. The highest BCUT2D eigenvalue weighted by Gasteiger charge is 2.32. The van der Waals surface area contributed by atoms with Crippen molar-refractivity contribution < 1.29 is 22.7 Å². The minimum absolute atomic E-state index is 0.100. The summed E-state index contributed by atoms with van der Waals surface area (Å²) in [5.41, 5.74) is 2.94. The third-order valence-electron chi connectivity index (χ3n) is 5.85. The van der Waals surface area contributed by atoms with Crippen molar-refractivity contribution >= 4 is 27.5 Å². The Bertz CT molecular complexity index is 1130. The van der Waals surface area contributed by atoms with Gasteiger partial charge in [-0.15, -0.1) is 0 Å². The lowest BCUT2D eigenvalue weighted by molar-refractivity contribution is -0.140. The van der Waals surface area contributed by atoms with Gasteiger partial charge in [-0.3, -0.25) is 13.9 Å². The van der Waals surface area contributed by atoms with E-state index in [4.69, 9.17) is 4.74 Å². The van der Waals surface area contributed by atoms with E-state index in [1.54, 1.807) is 31.4 Å². The largest absolute Gasteiger partial charge is 0.497 e. The number of hydrogen-bond acceptors (Lipinski definition) is 5. The molecule has 2 rings (SSSR count). The molecule has 2 aromatic rings. The predicted octanol–water partition coefficient (Wildman–Crippen LogP) is 3.41. The van der Waals surface area contributed by atoms with E-state index in [0.29, 0.717) is 17.9 Å². The number of rotatable bonds is 11. The van der Waals surface area contributed by atoms with Gasteiger partial charge in [0.2, 0.25) is 21.8 Å². The number of ether oxygens (including phenoxy) is 1. The molecule has 0 aliphatic rings. The second-order valence-corrected chi connectivity index (χ2v) is 10.9. The SMILES string of the molecule is CCC(C(=O)NC(C)C)N(Cc1ccc(OC)cc1)C(=O)CN(c1cccc(C)c1C)S(C)(=O)=O. The van der Waals surface area contributed by atoms with Crippen LogP contribution in [0.25, 0.3) is 0 Å². The molecule has 192 valence electrons. The number of carbonyl (C=O) groups excluding carboxylic acids is 2. The minimum atomic E-state index is -3.77. The van der Waals surface area contributed by atoms with Crippen LogP contribution in [0.4, 0.5) is 5.69 Å². The lowest BCUT2D eigenvalue weighted by Gasteiger charge is -2.33. The van der Waals surface area contributed by atoms with Crippen molar-refractivity contribution in [3.8, 4) is 5.75 Å². The van der Waals surface area contributed by atoms with Gasteiger partial charge in [0.1, 0.15) is 18.3 Å². The molecule has 0 saturated carbocycles. The number of anilines is 1. The number of aryl methyl sites for hydroxylation is 1. The quantitative estimate of drug-likeness (QED) is 0.507. The van der Waals surface area contributed by atoms with Crippen LogP contribution in [0.2, 0.25) is 0 Å². The summed E-state index contributed by atoms with van der Waals surface area (Å²) in [4.78, 5) is 28.2. The summed E-state index contributed by atoms with van der Waals surface area (Å²) in [6.07, 6.45) is 1.46. The van der Waals surface area contributed by atoms with Crippen LogP contribution >= 0.6 is 0 Å². The molecule has 0 bridgehead atoms. The Morgan fingerprint density at radius 1 is 1.06 bits per heavy atom. The third-order valence-corrected chi connectivity index (χ3v) is 6.98. The Morgan fingerprint density at radius 3 is 2.20 bits per heavy atom. The van der Waals surface area contributed by atoms with E-state index in [1.807, 2.05) is 52.8 Å². The van der Waals surface area contributed by atoms with Crippen molar-refractivity contribution in [1.29, 1.82) is 0 Å². The van der Waals surface area contributed by atoms with Crippen LogP contribution in [0.15, 0.2) is 42.5 Å². The van der Waals surface area contributed by atoms with Gasteiger partial charge < -0.3 is 15.0 Å². The fourth-order valence-electron chi connectivity index (χ4n) is 3.83. The van der Waals surface area contributed by atoms with E-state index in [0.717, 1.165) is 27.3 Å². The molecule has 0 radical (unpaired) electrons. The number of sulfonamides is 1. The molecule has 8 nitrogen and oxygen atoms in total. The van der Waals surface area contributed by atoms with Crippen molar-refractivity contribution in [2.45, 2.75) is 59.7 Å². The molecule has 35 heavy (non-hydrogen) atoms. The molecule has 0 heterocycles. The van der Waals surface area contributed by atoms with Gasteiger partial charge in [0, 0.05) is 12.6 Å². The number of methoxy groups -OCH3 is 1. The van der Waals surface area contributed by atoms with Gasteiger partial charge in [0.25, 0.3) is 0 Å². The Labute approximate surface area is 209 Å². The van der Waals surface area contributed by atoms with Gasteiger partial charge >= 0.3 is 0 Å². The summed E-state index contributed by atoms with van der Waals surface area (Å²) < 4.78 is 31.9.